The summed E-state index contributed by atoms with van der Waals surface area (Å²) in [7, 11) is 0. The van der Waals surface area contributed by atoms with Crippen LogP contribution in [-0.2, 0) is 9.47 Å². The van der Waals surface area contributed by atoms with Gasteiger partial charge in [-0.05, 0) is 6.08 Å². The molecule has 1 rings (SSSR count). The first-order valence-corrected chi connectivity index (χ1v) is 2.87. The van der Waals surface area contributed by atoms with Gasteiger partial charge in [0.1, 0.15) is 6.10 Å². The molecule has 0 aromatic rings. The van der Waals surface area contributed by atoms with E-state index < -0.39 is 0 Å². The van der Waals surface area contributed by atoms with Gasteiger partial charge >= 0.3 is 0 Å². The normalized spacial score (nSPS) is 34.8. The molecule has 0 aromatic heterocycles. The zero-order valence-electron chi connectivity index (χ0n) is 5.12. The molecule has 9 heavy (non-hydrogen) atoms. The van der Waals surface area contributed by atoms with E-state index in [0.29, 0.717) is 6.61 Å². The van der Waals surface area contributed by atoms with Gasteiger partial charge in [0.2, 0.25) is 0 Å². The fourth-order valence-corrected chi connectivity index (χ4v) is 0.690. The first-order chi connectivity index (χ1) is 4.36. The van der Waals surface area contributed by atoms with E-state index in [1.54, 1.807) is 6.08 Å². The molecule has 1 aliphatic heterocycles. The molecule has 0 amide bonds. The van der Waals surface area contributed by atoms with Crippen molar-refractivity contribution in [3.8, 4) is 0 Å². The SMILES string of the molecule is C=C[C@H]1OC[C@@H](CO)O1. The second kappa shape index (κ2) is 2.96. The van der Waals surface area contributed by atoms with Crippen molar-refractivity contribution in [2.24, 2.45) is 0 Å². The van der Waals surface area contributed by atoms with Crippen LogP contribution in [0.15, 0.2) is 12.7 Å². The van der Waals surface area contributed by atoms with Crippen LogP contribution in [0.1, 0.15) is 0 Å². The van der Waals surface area contributed by atoms with Crippen LogP contribution in [0.4, 0.5) is 0 Å². The number of aliphatic hydroxyl groups is 1. The molecule has 0 spiro atoms. The molecule has 2 atom stereocenters. The molecule has 3 heteroatoms. The lowest BCUT2D eigenvalue weighted by molar-refractivity contribution is -0.0296. The smallest absolute Gasteiger partial charge is 0.177 e. The monoisotopic (exact) mass is 130 g/mol. The third-order valence-corrected chi connectivity index (χ3v) is 1.17. The van der Waals surface area contributed by atoms with Crippen molar-refractivity contribution in [3.63, 3.8) is 0 Å². The van der Waals surface area contributed by atoms with Gasteiger partial charge in [0, 0.05) is 0 Å². The van der Waals surface area contributed by atoms with Crippen molar-refractivity contribution in [3.05, 3.63) is 12.7 Å². The average molecular weight is 130 g/mol. The number of aliphatic hydroxyl groups excluding tert-OH is 1. The van der Waals surface area contributed by atoms with Crippen LogP contribution in [0, 0.1) is 0 Å². The zero-order valence-corrected chi connectivity index (χ0v) is 5.12. The average Bonchev–Trinajstić information content (AvgIpc) is 2.34. The van der Waals surface area contributed by atoms with E-state index in [9.17, 15) is 0 Å². The molecule has 1 fully saturated rings. The lowest BCUT2D eigenvalue weighted by atomic mass is 10.4. The van der Waals surface area contributed by atoms with Gasteiger partial charge in [-0.1, -0.05) is 6.58 Å². The quantitative estimate of drug-likeness (QED) is 0.531. The first kappa shape index (κ1) is 6.74. The van der Waals surface area contributed by atoms with E-state index in [1.807, 2.05) is 0 Å². The molecule has 0 bridgehead atoms. The highest BCUT2D eigenvalue weighted by atomic mass is 16.7. The van der Waals surface area contributed by atoms with Crippen LogP contribution in [-0.4, -0.2) is 30.7 Å². The van der Waals surface area contributed by atoms with Crippen molar-refractivity contribution in [2.45, 2.75) is 12.4 Å². The van der Waals surface area contributed by atoms with E-state index in [0.717, 1.165) is 0 Å². The summed E-state index contributed by atoms with van der Waals surface area (Å²) >= 11 is 0. The summed E-state index contributed by atoms with van der Waals surface area (Å²) in [6, 6.07) is 0. The fraction of sp³-hybridized carbons (Fsp3) is 0.667. The molecule has 1 heterocycles. The van der Waals surface area contributed by atoms with Crippen LogP contribution in [0.5, 0.6) is 0 Å². The fourth-order valence-electron chi connectivity index (χ4n) is 0.690. The van der Waals surface area contributed by atoms with Crippen LogP contribution < -0.4 is 0 Å². The Hall–Kier alpha value is -0.380. The maximum Gasteiger partial charge on any atom is 0.177 e. The molecule has 0 saturated carbocycles. The highest BCUT2D eigenvalue weighted by Gasteiger charge is 2.21. The lowest BCUT2D eigenvalue weighted by Crippen LogP contribution is -2.15. The van der Waals surface area contributed by atoms with E-state index in [1.165, 1.54) is 0 Å². The minimum atomic E-state index is -0.317. The lowest BCUT2D eigenvalue weighted by Gasteiger charge is -2.02. The highest BCUT2D eigenvalue weighted by Crippen LogP contribution is 2.10. The predicted molar refractivity (Wildman–Crippen MR) is 31.9 cm³/mol. The van der Waals surface area contributed by atoms with Gasteiger partial charge in [-0.2, -0.15) is 0 Å². The Kier molecular flexibility index (Phi) is 2.22. The Labute approximate surface area is 53.9 Å². The number of hydrogen-bond donors (Lipinski definition) is 1. The Morgan fingerprint density at radius 3 is 2.89 bits per heavy atom. The van der Waals surface area contributed by atoms with E-state index >= 15 is 0 Å². The number of ether oxygens (including phenoxy) is 2. The number of rotatable bonds is 2. The van der Waals surface area contributed by atoms with E-state index in [2.05, 4.69) is 6.58 Å². The Balaban J connectivity index is 2.28. The highest BCUT2D eigenvalue weighted by molar-refractivity contribution is 4.77. The molecule has 0 radical (unpaired) electrons. The summed E-state index contributed by atoms with van der Waals surface area (Å²) in [4.78, 5) is 0. The van der Waals surface area contributed by atoms with Crippen molar-refractivity contribution in [2.75, 3.05) is 13.2 Å². The Morgan fingerprint density at radius 2 is 2.56 bits per heavy atom. The largest absolute Gasteiger partial charge is 0.394 e. The Morgan fingerprint density at radius 1 is 1.78 bits per heavy atom. The van der Waals surface area contributed by atoms with Crippen molar-refractivity contribution in [1.29, 1.82) is 0 Å². The van der Waals surface area contributed by atoms with Crippen LogP contribution in [0.2, 0.25) is 0 Å². The van der Waals surface area contributed by atoms with Gasteiger partial charge in [0.05, 0.1) is 13.2 Å². The molecule has 3 nitrogen and oxygen atoms in total. The molecule has 52 valence electrons. The molecule has 1 saturated heterocycles. The molecule has 0 aliphatic carbocycles. The van der Waals surface area contributed by atoms with Crippen molar-refractivity contribution >= 4 is 0 Å². The molecule has 1 aliphatic rings. The van der Waals surface area contributed by atoms with Gasteiger partial charge in [-0.3, -0.25) is 0 Å². The molecule has 0 aromatic carbocycles. The van der Waals surface area contributed by atoms with E-state index in [-0.39, 0.29) is 19.0 Å². The maximum absolute atomic E-state index is 8.54. The second-order valence-electron chi connectivity index (χ2n) is 1.88. The van der Waals surface area contributed by atoms with Crippen LogP contribution >= 0.6 is 0 Å². The number of hydrogen-bond acceptors (Lipinski definition) is 3. The van der Waals surface area contributed by atoms with Gasteiger partial charge < -0.3 is 14.6 Å². The second-order valence-corrected chi connectivity index (χ2v) is 1.88. The molecule has 0 unspecified atom stereocenters. The summed E-state index contributed by atoms with van der Waals surface area (Å²) in [6.07, 6.45) is 1.09. The summed E-state index contributed by atoms with van der Waals surface area (Å²) in [5.74, 6) is 0. The maximum atomic E-state index is 8.54. The zero-order chi connectivity index (χ0) is 6.69. The summed E-state index contributed by atoms with van der Waals surface area (Å²) < 4.78 is 10.1. The van der Waals surface area contributed by atoms with E-state index in [4.69, 9.17) is 14.6 Å². The summed E-state index contributed by atoms with van der Waals surface area (Å²) in [6.45, 7) is 3.96. The van der Waals surface area contributed by atoms with Crippen molar-refractivity contribution < 1.29 is 14.6 Å². The summed E-state index contributed by atoms with van der Waals surface area (Å²) in [5.41, 5.74) is 0. The minimum absolute atomic E-state index is 0.0182. The topological polar surface area (TPSA) is 38.7 Å². The first-order valence-electron chi connectivity index (χ1n) is 2.87. The standard InChI is InChI=1S/C6H10O3/c1-2-6-8-4-5(3-7)9-6/h2,5-7H,1,3-4H2/t5-,6+/m1/s1. The van der Waals surface area contributed by atoms with Gasteiger partial charge in [-0.15, -0.1) is 0 Å². The van der Waals surface area contributed by atoms with Crippen molar-refractivity contribution in [1.82, 2.24) is 0 Å². The third kappa shape index (κ3) is 1.51. The van der Waals surface area contributed by atoms with Crippen LogP contribution in [0.25, 0.3) is 0 Å². The Bertz CT molecular complexity index is 102. The predicted octanol–water partition coefficient (Wildman–Crippen LogP) is -0.0938. The summed E-state index contributed by atoms with van der Waals surface area (Å²) in [5, 5.41) is 8.54. The molecular formula is C6H10O3. The van der Waals surface area contributed by atoms with Gasteiger partial charge in [0.15, 0.2) is 6.29 Å². The van der Waals surface area contributed by atoms with Gasteiger partial charge in [-0.25, -0.2) is 0 Å². The minimum Gasteiger partial charge on any atom is -0.394 e. The van der Waals surface area contributed by atoms with Gasteiger partial charge in [0.25, 0.3) is 0 Å². The molecular weight excluding hydrogens is 120 g/mol. The van der Waals surface area contributed by atoms with Crippen LogP contribution in [0.3, 0.4) is 0 Å². The molecule has 1 N–H and O–H groups in total. The third-order valence-electron chi connectivity index (χ3n) is 1.17.